The maximum Gasteiger partial charge on any atom is 0.128 e. The third kappa shape index (κ3) is 5.61. The van der Waals surface area contributed by atoms with Gasteiger partial charge in [0.2, 0.25) is 0 Å². The van der Waals surface area contributed by atoms with Crippen molar-refractivity contribution in [3.8, 4) is 11.5 Å². The number of aryl methyl sites for hydroxylation is 1. The van der Waals surface area contributed by atoms with Crippen LogP contribution in [-0.4, -0.2) is 59.1 Å². The van der Waals surface area contributed by atoms with Crippen LogP contribution in [0.4, 0.5) is 0 Å². The molecule has 4 rings (SSSR count). The van der Waals surface area contributed by atoms with Gasteiger partial charge in [-0.1, -0.05) is 6.07 Å². The van der Waals surface area contributed by atoms with Gasteiger partial charge in [0.15, 0.2) is 0 Å². The van der Waals surface area contributed by atoms with E-state index in [4.69, 9.17) is 9.47 Å². The van der Waals surface area contributed by atoms with Gasteiger partial charge < -0.3 is 23.9 Å². The van der Waals surface area contributed by atoms with E-state index in [-0.39, 0.29) is 5.75 Å². The number of pyridine rings is 1. The number of aromatic nitrogens is 3. The number of nitrogens with zero attached hydrogens (tertiary/aromatic N) is 4. The second kappa shape index (κ2) is 10.9. The van der Waals surface area contributed by atoms with Gasteiger partial charge >= 0.3 is 0 Å². The molecule has 186 valence electrons. The number of ether oxygens (including phenoxy) is 2. The molecule has 34 heavy (non-hydrogen) atoms. The lowest BCUT2D eigenvalue weighted by Crippen LogP contribution is -2.55. The summed E-state index contributed by atoms with van der Waals surface area (Å²) in [5.41, 5.74) is 3.94. The molecule has 3 heterocycles. The number of rotatable bonds is 5. The fourth-order valence-electron chi connectivity index (χ4n) is 4.36. The maximum atomic E-state index is 12.6. The molecule has 3 atom stereocenters. The number of benzene rings is 1. The minimum Gasteiger partial charge on any atom is -0.497 e. The maximum absolute atomic E-state index is 12.6. The number of imidazole rings is 1. The second-order valence-corrected chi connectivity index (χ2v) is 11.0. The lowest BCUT2D eigenvalue weighted by atomic mass is 9.96. The second-order valence-electron chi connectivity index (χ2n) is 9.65. The molecule has 1 aliphatic rings. The first kappa shape index (κ1) is 26.2. The molecule has 2 aromatic heterocycles. The van der Waals surface area contributed by atoms with E-state index in [1.54, 1.807) is 38.6 Å². The van der Waals surface area contributed by atoms with Crippen LogP contribution in [0, 0.1) is 13.8 Å². The number of piperidine rings is 1. The summed E-state index contributed by atoms with van der Waals surface area (Å²) in [7, 11) is 6.54. The first-order valence-electron chi connectivity index (χ1n) is 11.8. The van der Waals surface area contributed by atoms with E-state index in [0.29, 0.717) is 21.9 Å². The molecule has 1 saturated heterocycles. The van der Waals surface area contributed by atoms with Crippen molar-refractivity contribution < 1.29 is 18.2 Å². The summed E-state index contributed by atoms with van der Waals surface area (Å²) in [6.07, 6.45) is 5.99. The van der Waals surface area contributed by atoms with Crippen LogP contribution in [0.2, 0.25) is 0 Å². The van der Waals surface area contributed by atoms with Crippen molar-refractivity contribution in [1.29, 1.82) is 0 Å². The van der Waals surface area contributed by atoms with Crippen molar-refractivity contribution in [2.75, 3.05) is 28.3 Å². The van der Waals surface area contributed by atoms with Gasteiger partial charge in [0.1, 0.15) is 11.5 Å². The summed E-state index contributed by atoms with van der Waals surface area (Å²) in [5.74, 6) is 1.71. The fourth-order valence-corrected chi connectivity index (χ4v) is 5.43. The quantitative estimate of drug-likeness (QED) is 0.493. The van der Waals surface area contributed by atoms with E-state index in [1.807, 2.05) is 13.8 Å². The molecule has 1 aliphatic heterocycles. The van der Waals surface area contributed by atoms with E-state index >= 15 is 0 Å². The molecule has 0 bridgehead atoms. The zero-order valence-electron chi connectivity index (χ0n) is 21.7. The monoisotopic (exact) mass is 486 g/mol. The summed E-state index contributed by atoms with van der Waals surface area (Å²) in [6.45, 7) is 8.59. The molecule has 0 N–H and O–H groups in total. The van der Waals surface area contributed by atoms with Crippen molar-refractivity contribution in [3.05, 3.63) is 41.2 Å². The lowest BCUT2D eigenvalue weighted by Gasteiger charge is -2.45. The van der Waals surface area contributed by atoms with E-state index in [0.717, 1.165) is 34.7 Å². The molecular weight excluding hydrogens is 448 g/mol. The van der Waals surface area contributed by atoms with Crippen molar-refractivity contribution in [2.45, 2.75) is 70.0 Å². The Bertz CT molecular complexity index is 1150. The topological polar surface area (TPSA) is 75.4 Å². The average molecular weight is 487 g/mol. The van der Waals surface area contributed by atoms with Crippen LogP contribution in [0.3, 0.4) is 0 Å². The van der Waals surface area contributed by atoms with Gasteiger partial charge in [0.05, 0.1) is 62.6 Å². The molecule has 0 saturated carbocycles. The number of fused-ring (bicyclic) bond motifs is 1. The Kier molecular flexibility index (Phi) is 8.36. The van der Waals surface area contributed by atoms with Crippen molar-refractivity contribution in [1.82, 2.24) is 15.0 Å². The Labute approximate surface area is 205 Å². The minimum atomic E-state index is -1.38. The molecular formula is C26H38N4O3S. The van der Waals surface area contributed by atoms with Gasteiger partial charge in [-0.15, -0.1) is 0 Å². The zero-order valence-corrected chi connectivity index (χ0v) is 22.5. The molecule has 0 amide bonds. The molecule has 1 aromatic carbocycles. The standard InChI is InChI=1S/C17H18N3O3S.C9H20N/c1-10-8-18-15(11(2)16(10)23-4)9-24(21)17-19-13-6-5-12(22-3)7-14(13)20-17;1-8-6-5-7-9(2)10(8,3)4/h5-8H,9H2,1-4H3;8-9H,5-7H2,1-4H3/q-1;+1/t24-;8-,9+/m0./s1. The van der Waals surface area contributed by atoms with Crippen LogP contribution in [-0.2, 0) is 16.6 Å². The molecule has 3 aromatic rings. The summed E-state index contributed by atoms with van der Waals surface area (Å²) in [5, 5.41) is 0.305. The largest absolute Gasteiger partial charge is 0.497 e. The molecule has 8 heteroatoms. The van der Waals surface area contributed by atoms with Crippen LogP contribution in [0.25, 0.3) is 11.0 Å². The highest BCUT2D eigenvalue weighted by molar-refractivity contribution is 7.84. The van der Waals surface area contributed by atoms with Gasteiger partial charge in [0, 0.05) is 22.5 Å². The highest BCUT2D eigenvalue weighted by atomic mass is 32.2. The predicted molar refractivity (Wildman–Crippen MR) is 137 cm³/mol. The predicted octanol–water partition coefficient (Wildman–Crippen LogP) is 4.55. The third-order valence-corrected chi connectivity index (χ3v) is 8.48. The Morgan fingerprint density at radius 2 is 1.79 bits per heavy atom. The summed E-state index contributed by atoms with van der Waals surface area (Å²) < 4.78 is 24.4. The van der Waals surface area contributed by atoms with E-state index in [9.17, 15) is 4.21 Å². The molecule has 0 radical (unpaired) electrons. The summed E-state index contributed by atoms with van der Waals surface area (Å²) in [4.78, 5) is 13.1. The number of quaternary nitrogens is 1. The van der Waals surface area contributed by atoms with E-state index in [2.05, 4.69) is 42.9 Å². The summed E-state index contributed by atoms with van der Waals surface area (Å²) in [6, 6.07) is 7.12. The number of hydrogen-bond donors (Lipinski definition) is 0. The third-order valence-electron chi connectivity index (χ3n) is 7.35. The van der Waals surface area contributed by atoms with Crippen LogP contribution in [0.5, 0.6) is 11.5 Å². The van der Waals surface area contributed by atoms with E-state index < -0.39 is 10.8 Å². The number of methoxy groups -OCH3 is 2. The number of hydrogen-bond acceptors (Lipinski definition) is 5. The van der Waals surface area contributed by atoms with Crippen LogP contribution >= 0.6 is 0 Å². The number of likely N-dealkylation sites (tertiary alicyclic amines) is 1. The Morgan fingerprint density at radius 3 is 2.38 bits per heavy atom. The van der Waals surface area contributed by atoms with Gasteiger partial charge in [-0.25, -0.2) is 0 Å². The minimum absolute atomic E-state index is 0.246. The van der Waals surface area contributed by atoms with Gasteiger partial charge in [-0.05, 0) is 70.1 Å². The van der Waals surface area contributed by atoms with Crippen molar-refractivity contribution in [2.24, 2.45) is 0 Å². The SMILES string of the molecule is COc1ccc2[n-]c([S@@](=O)Cc3ncc(C)c(OC)c3C)nc2c1.C[C@@H]1CCC[C@H](C)[N+]1(C)C. The molecule has 1 fully saturated rings. The Balaban J connectivity index is 0.000000271. The van der Waals surface area contributed by atoms with Crippen LogP contribution in [0.15, 0.2) is 29.6 Å². The highest BCUT2D eigenvalue weighted by Crippen LogP contribution is 2.27. The van der Waals surface area contributed by atoms with Crippen molar-refractivity contribution in [3.63, 3.8) is 0 Å². The average Bonchev–Trinajstić information content (AvgIpc) is 3.24. The molecule has 0 aliphatic carbocycles. The van der Waals surface area contributed by atoms with Crippen LogP contribution in [0.1, 0.15) is 49.9 Å². The highest BCUT2D eigenvalue weighted by Gasteiger charge is 2.33. The Morgan fingerprint density at radius 1 is 1.12 bits per heavy atom. The normalized spacial score (nSPS) is 20.4. The first-order chi connectivity index (χ1) is 16.1. The van der Waals surface area contributed by atoms with Crippen molar-refractivity contribution >= 4 is 21.8 Å². The first-order valence-corrected chi connectivity index (χ1v) is 13.1. The lowest BCUT2D eigenvalue weighted by molar-refractivity contribution is -0.940. The fraction of sp³-hybridized carbons (Fsp3) is 0.538. The Hall–Kier alpha value is -2.45. The molecule has 0 spiro atoms. The molecule has 7 nitrogen and oxygen atoms in total. The smallest absolute Gasteiger partial charge is 0.128 e. The van der Waals surface area contributed by atoms with Gasteiger partial charge in [0.25, 0.3) is 0 Å². The van der Waals surface area contributed by atoms with Crippen LogP contribution < -0.4 is 14.5 Å². The summed E-state index contributed by atoms with van der Waals surface area (Å²) >= 11 is 0. The molecule has 0 unspecified atom stereocenters. The zero-order chi connectivity index (χ0) is 25.0. The van der Waals surface area contributed by atoms with Gasteiger partial charge in [-0.2, -0.15) is 0 Å². The van der Waals surface area contributed by atoms with Gasteiger partial charge in [-0.3, -0.25) is 9.19 Å². The van der Waals surface area contributed by atoms with E-state index in [1.165, 1.54) is 23.7 Å².